The highest BCUT2D eigenvalue weighted by Gasteiger charge is 2.47. The van der Waals surface area contributed by atoms with E-state index in [2.05, 4.69) is 0 Å². The molecule has 4 rings (SSSR count). The van der Waals surface area contributed by atoms with Crippen molar-refractivity contribution in [1.82, 2.24) is 0 Å². The van der Waals surface area contributed by atoms with Gasteiger partial charge in [0.1, 0.15) is 11.6 Å². The molecule has 35 heavy (non-hydrogen) atoms. The summed E-state index contributed by atoms with van der Waals surface area (Å²) in [6.45, 7) is 0. The van der Waals surface area contributed by atoms with E-state index >= 15 is 0 Å². The Morgan fingerprint density at radius 1 is 0.943 bits per heavy atom. The number of aliphatic hydroxyl groups excluding tert-OH is 1. The van der Waals surface area contributed by atoms with E-state index in [4.69, 9.17) is 25.8 Å². The van der Waals surface area contributed by atoms with Crippen LogP contribution in [0.2, 0.25) is 5.02 Å². The zero-order chi connectivity index (χ0) is 25.3. The number of carbonyl (C=O) groups excluding carboxylic acids is 2. The molecule has 7 nitrogen and oxygen atoms in total. The van der Waals surface area contributed by atoms with Crippen LogP contribution in [-0.4, -0.2) is 38.1 Å². The van der Waals surface area contributed by atoms with Gasteiger partial charge in [-0.05, 0) is 54.1 Å². The van der Waals surface area contributed by atoms with Crippen molar-refractivity contribution in [2.45, 2.75) is 6.04 Å². The molecule has 9 heteroatoms. The van der Waals surface area contributed by atoms with Gasteiger partial charge in [0.25, 0.3) is 11.7 Å². The highest BCUT2D eigenvalue weighted by molar-refractivity contribution is 6.51. The minimum atomic E-state index is -1.09. The first-order valence-corrected chi connectivity index (χ1v) is 10.8. The number of carbonyl (C=O) groups is 2. The van der Waals surface area contributed by atoms with Crippen LogP contribution in [0.4, 0.5) is 10.1 Å². The lowest BCUT2D eigenvalue weighted by Crippen LogP contribution is -2.29. The van der Waals surface area contributed by atoms with Crippen LogP contribution < -0.4 is 19.1 Å². The van der Waals surface area contributed by atoms with Gasteiger partial charge in [-0.25, -0.2) is 4.39 Å². The molecule has 0 saturated carbocycles. The third kappa shape index (κ3) is 4.28. The molecule has 1 unspecified atom stereocenters. The first kappa shape index (κ1) is 24.1. The maximum absolute atomic E-state index is 13.6. The van der Waals surface area contributed by atoms with E-state index in [-0.39, 0.29) is 28.3 Å². The zero-order valence-corrected chi connectivity index (χ0v) is 19.8. The van der Waals surface area contributed by atoms with E-state index in [1.165, 1.54) is 56.6 Å². The molecule has 1 aliphatic heterocycles. The standard InChI is InChI=1S/C26H21ClFNO6/c1-33-19-12-15(13-20(34-2)25(19)35-3)22-21(23(30)14-5-4-6-16(27)11-14)24(31)26(32)29(22)18-9-7-17(28)8-10-18/h4-13,22,30H,1-3H3/b23-21+. The normalized spacial score (nSPS) is 16.9. The second-order valence-electron chi connectivity index (χ2n) is 7.61. The van der Waals surface area contributed by atoms with Gasteiger partial charge in [-0.1, -0.05) is 23.7 Å². The van der Waals surface area contributed by atoms with Gasteiger partial charge in [0.2, 0.25) is 5.75 Å². The van der Waals surface area contributed by atoms with Crippen molar-refractivity contribution < 1.29 is 33.3 Å². The van der Waals surface area contributed by atoms with Crippen molar-refractivity contribution in [2.75, 3.05) is 26.2 Å². The summed E-state index contributed by atoms with van der Waals surface area (Å²) >= 11 is 6.09. The van der Waals surface area contributed by atoms with Crippen molar-refractivity contribution in [3.8, 4) is 17.2 Å². The van der Waals surface area contributed by atoms with Crippen LogP contribution in [-0.2, 0) is 9.59 Å². The quantitative estimate of drug-likeness (QED) is 0.289. The highest BCUT2D eigenvalue weighted by atomic mass is 35.5. The summed E-state index contributed by atoms with van der Waals surface area (Å²) in [5.74, 6) is -1.83. The largest absolute Gasteiger partial charge is 0.507 e. The number of ether oxygens (including phenoxy) is 3. The zero-order valence-electron chi connectivity index (χ0n) is 19.0. The molecule has 180 valence electrons. The Bertz CT molecular complexity index is 1310. The maximum atomic E-state index is 13.6. The number of aliphatic hydroxyl groups is 1. The van der Waals surface area contributed by atoms with Crippen LogP contribution in [0.5, 0.6) is 17.2 Å². The summed E-state index contributed by atoms with van der Waals surface area (Å²) in [7, 11) is 4.32. The van der Waals surface area contributed by atoms with Crippen LogP contribution in [0.1, 0.15) is 17.2 Å². The van der Waals surface area contributed by atoms with Gasteiger partial charge in [-0.3, -0.25) is 14.5 Å². The molecule has 1 N–H and O–H groups in total. The topological polar surface area (TPSA) is 85.3 Å². The molecule has 1 saturated heterocycles. The molecule has 1 aliphatic rings. The van der Waals surface area contributed by atoms with Gasteiger partial charge in [-0.15, -0.1) is 0 Å². The lowest BCUT2D eigenvalue weighted by atomic mass is 9.94. The van der Waals surface area contributed by atoms with Crippen LogP contribution in [0.15, 0.2) is 66.2 Å². The van der Waals surface area contributed by atoms with Crippen LogP contribution in [0, 0.1) is 5.82 Å². The van der Waals surface area contributed by atoms with Crippen molar-refractivity contribution >= 4 is 34.7 Å². The Labute approximate surface area is 205 Å². The van der Waals surface area contributed by atoms with Gasteiger partial charge in [0.15, 0.2) is 11.5 Å². The smallest absolute Gasteiger partial charge is 0.300 e. The predicted molar refractivity (Wildman–Crippen MR) is 129 cm³/mol. The summed E-state index contributed by atoms with van der Waals surface area (Å²) in [5.41, 5.74) is 0.743. The number of hydrogen-bond acceptors (Lipinski definition) is 6. The van der Waals surface area contributed by atoms with E-state index in [0.29, 0.717) is 16.3 Å². The number of ketones is 1. The number of benzene rings is 3. The Morgan fingerprint density at radius 2 is 1.57 bits per heavy atom. The Balaban J connectivity index is 2.02. The van der Waals surface area contributed by atoms with Crippen molar-refractivity contribution in [3.05, 3.63) is 88.2 Å². The van der Waals surface area contributed by atoms with E-state index in [1.807, 2.05) is 0 Å². The molecule has 3 aromatic rings. The van der Waals surface area contributed by atoms with Crippen molar-refractivity contribution in [3.63, 3.8) is 0 Å². The van der Waals surface area contributed by atoms with E-state index in [0.717, 1.165) is 0 Å². The Morgan fingerprint density at radius 3 is 2.11 bits per heavy atom. The summed E-state index contributed by atoms with van der Waals surface area (Å²) in [6, 6.07) is 13.5. The fraction of sp³-hybridized carbons (Fsp3) is 0.154. The van der Waals surface area contributed by atoms with Gasteiger partial charge >= 0.3 is 0 Å². The second-order valence-corrected chi connectivity index (χ2v) is 8.05. The van der Waals surface area contributed by atoms with Crippen LogP contribution in [0.3, 0.4) is 0 Å². The number of Topliss-reactive ketones (excluding diaryl/α,β-unsaturated/α-hetero) is 1. The fourth-order valence-corrected chi connectivity index (χ4v) is 4.26. The molecule has 1 atom stereocenters. The Hall–Kier alpha value is -4.04. The number of methoxy groups -OCH3 is 3. The van der Waals surface area contributed by atoms with Gasteiger partial charge in [0, 0.05) is 16.3 Å². The third-order valence-electron chi connectivity index (χ3n) is 5.65. The Kier molecular flexibility index (Phi) is 6.66. The average Bonchev–Trinajstić information content (AvgIpc) is 3.13. The van der Waals surface area contributed by atoms with Crippen LogP contribution in [0.25, 0.3) is 5.76 Å². The predicted octanol–water partition coefficient (Wildman–Crippen LogP) is 5.13. The summed E-state index contributed by atoms with van der Waals surface area (Å²) < 4.78 is 29.9. The van der Waals surface area contributed by atoms with Crippen molar-refractivity contribution in [1.29, 1.82) is 0 Å². The SMILES string of the molecule is COc1cc(C2/C(=C(\O)c3cccc(Cl)c3)C(=O)C(=O)N2c2ccc(F)cc2)cc(OC)c1OC. The first-order valence-electron chi connectivity index (χ1n) is 10.4. The second kappa shape index (κ2) is 9.68. The summed E-state index contributed by atoms with van der Waals surface area (Å²) in [5, 5.41) is 11.5. The molecule has 0 aromatic heterocycles. The van der Waals surface area contributed by atoms with Gasteiger partial charge in [0.05, 0.1) is 32.9 Å². The van der Waals surface area contributed by atoms with E-state index < -0.39 is 29.3 Å². The molecule has 1 heterocycles. The highest BCUT2D eigenvalue weighted by Crippen LogP contribution is 2.47. The molecule has 0 aliphatic carbocycles. The average molecular weight is 498 g/mol. The monoisotopic (exact) mass is 497 g/mol. The minimum absolute atomic E-state index is 0.170. The van der Waals surface area contributed by atoms with Crippen molar-refractivity contribution in [2.24, 2.45) is 0 Å². The molecule has 1 fully saturated rings. The molecule has 3 aromatic carbocycles. The maximum Gasteiger partial charge on any atom is 0.300 e. The molecule has 0 bridgehead atoms. The molecular weight excluding hydrogens is 477 g/mol. The van der Waals surface area contributed by atoms with E-state index in [1.54, 1.807) is 30.3 Å². The van der Waals surface area contributed by atoms with Gasteiger partial charge < -0.3 is 19.3 Å². The van der Waals surface area contributed by atoms with E-state index in [9.17, 15) is 19.1 Å². The lowest BCUT2D eigenvalue weighted by molar-refractivity contribution is -0.132. The number of anilines is 1. The number of nitrogens with zero attached hydrogens (tertiary/aromatic N) is 1. The first-order chi connectivity index (χ1) is 16.8. The molecule has 0 spiro atoms. The fourth-order valence-electron chi connectivity index (χ4n) is 4.07. The summed E-state index contributed by atoms with van der Waals surface area (Å²) in [6.07, 6.45) is 0. The summed E-state index contributed by atoms with van der Waals surface area (Å²) in [4.78, 5) is 27.7. The van der Waals surface area contributed by atoms with Crippen LogP contribution >= 0.6 is 11.6 Å². The number of amides is 1. The number of hydrogen-bond donors (Lipinski definition) is 1. The van der Waals surface area contributed by atoms with Gasteiger partial charge in [-0.2, -0.15) is 0 Å². The third-order valence-corrected chi connectivity index (χ3v) is 5.89. The molecule has 1 amide bonds. The molecule has 0 radical (unpaired) electrons. The minimum Gasteiger partial charge on any atom is -0.507 e. The number of halogens is 2. The lowest BCUT2D eigenvalue weighted by Gasteiger charge is -2.26. The number of rotatable bonds is 6. The molecular formula is C26H21ClFNO6.